The summed E-state index contributed by atoms with van der Waals surface area (Å²) in [4.78, 5) is 0. The third-order valence-corrected chi connectivity index (χ3v) is 2.63. The van der Waals surface area contributed by atoms with E-state index in [4.69, 9.17) is 17.3 Å². The molecule has 0 aliphatic heterocycles. The molecule has 0 bridgehead atoms. The second-order valence-electron chi connectivity index (χ2n) is 3.49. The number of aliphatic hydroxyl groups is 1. The molecule has 0 radical (unpaired) electrons. The van der Waals surface area contributed by atoms with Gasteiger partial charge in [0.05, 0.1) is 6.54 Å². The van der Waals surface area contributed by atoms with Crippen molar-refractivity contribution in [3.63, 3.8) is 0 Å². The lowest BCUT2D eigenvalue weighted by molar-refractivity contribution is -0.170. The van der Waals surface area contributed by atoms with Gasteiger partial charge in [0.15, 0.2) is 5.60 Å². The number of nitrogens with two attached hydrogens (primary N) is 1. The SMILES string of the molecule is CC(O)(c1ccc(Cl)cc1)C(F)(F)CN. The topological polar surface area (TPSA) is 46.2 Å². The van der Waals surface area contributed by atoms with E-state index >= 15 is 0 Å². The Morgan fingerprint density at radius 3 is 2.20 bits per heavy atom. The molecule has 0 fully saturated rings. The second kappa shape index (κ2) is 4.04. The molecule has 0 saturated carbocycles. The smallest absolute Gasteiger partial charge is 0.291 e. The van der Waals surface area contributed by atoms with Crippen LogP contribution in [-0.2, 0) is 5.60 Å². The molecule has 0 spiro atoms. The molecule has 0 aliphatic rings. The predicted molar refractivity (Wildman–Crippen MR) is 55.0 cm³/mol. The second-order valence-corrected chi connectivity index (χ2v) is 3.92. The molecule has 2 nitrogen and oxygen atoms in total. The highest BCUT2D eigenvalue weighted by molar-refractivity contribution is 6.30. The van der Waals surface area contributed by atoms with Crippen LogP contribution in [0.25, 0.3) is 0 Å². The monoisotopic (exact) mass is 235 g/mol. The van der Waals surface area contributed by atoms with Crippen molar-refractivity contribution in [2.75, 3.05) is 6.54 Å². The number of hydrogen-bond acceptors (Lipinski definition) is 2. The molecule has 0 aromatic heterocycles. The van der Waals surface area contributed by atoms with Crippen molar-refractivity contribution >= 4 is 11.6 Å². The Bertz CT molecular complexity index is 338. The van der Waals surface area contributed by atoms with Crippen LogP contribution in [0.2, 0.25) is 5.02 Å². The minimum absolute atomic E-state index is 0.0855. The van der Waals surface area contributed by atoms with E-state index < -0.39 is 18.1 Å². The van der Waals surface area contributed by atoms with E-state index in [1.165, 1.54) is 24.3 Å². The van der Waals surface area contributed by atoms with E-state index in [9.17, 15) is 13.9 Å². The predicted octanol–water partition coefficient (Wildman–Crippen LogP) is 2.14. The van der Waals surface area contributed by atoms with E-state index in [0.29, 0.717) is 5.02 Å². The number of hydrogen-bond donors (Lipinski definition) is 2. The molecule has 84 valence electrons. The first-order chi connectivity index (χ1) is 6.81. The van der Waals surface area contributed by atoms with Gasteiger partial charge in [-0.25, -0.2) is 8.78 Å². The molecule has 1 aromatic carbocycles. The third-order valence-electron chi connectivity index (χ3n) is 2.37. The Morgan fingerprint density at radius 1 is 1.33 bits per heavy atom. The number of alkyl halides is 2. The normalized spacial score (nSPS) is 16.1. The molecular weight excluding hydrogens is 224 g/mol. The first-order valence-electron chi connectivity index (χ1n) is 4.37. The Labute approximate surface area is 91.7 Å². The van der Waals surface area contributed by atoms with Crippen molar-refractivity contribution in [2.45, 2.75) is 18.4 Å². The van der Waals surface area contributed by atoms with Crippen molar-refractivity contribution in [1.29, 1.82) is 0 Å². The summed E-state index contributed by atoms with van der Waals surface area (Å²) in [5.74, 6) is -3.37. The van der Waals surface area contributed by atoms with Gasteiger partial charge in [-0.3, -0.25) is 0 Å². The Kier molecular flexibility index (Phi) is 3.33. The maximum absolute atomic E-state index is 13.3. The van der Waals surface area contributed by atoms with Gasteiger partial charge in [-0.15, -0.1) is 0 Å². The molecular formula is C10H12ClF2NO. The fraction of sp³-hybridized carbons (Fsp3) is 0.400. The molecule has 5 heteroatoms. The van der Waals surface area contributed by atoms with Gasteiger partial charge in [0.25, 0.3) is 5.92 Å². The van der Waals surface area contributed by atoms with E-state index in [1.807, 2.05) is 0 Å². The molecule has 1 rings (SSSR count). The summed E-state index contributed by atoms with van der Waals surface area (Å²) in [6.45, 7) is 0.117. The van der Waals surface area contributed by atoms with Crippen molar-refractivity contribution < 1.29 is 13.9 Å². The van der Waals surface area contributed by atoms with Gasteiger partial charge in [0, 0.05) is 5.02 Å². The summed E-state index contributed by atoms with van der Waals surface area (Å²) in [6, 6.07) is 5.59. The molecule has 1 atom stereocenters. The maximum atomic E-state index is 13.3. The average molecular weight is 236 g/mol. The van der Waals surface area contributed by atoms with Crippen LogP contribution in [0.3, 0.4) is 0 Å². The molecule has 1 unspecified atom stereocenters. The van der Waals surface area contributed by atoms with Gasteiger partial charge in [0.2, 0.25) is 0 Å². The van der Waals surface area contributed by atoms with Gasteiger partial charge >= 0.3 is 0 Å². The van der Waals surface area contributed by atoms with Gasteiger partial charge in [-0.2, -0.15) is 0 Å². The fourth-order valence-electron chi connectivity index (χ4n) is 1.18. The first kappa shape index (κ1) is 12.4. The molecule has 0 heterocycles. The standard InChI is InChI=1S/C10H12ClF2NO/c1-9(15,10(12,13)6-14)7-2-4-8(11)5-3-7/h2-5,15H,6,14H2,1H3. The summed E-state index contributed by atoms with van der Waals surface area (Å²) in [5, 5.41) is 10.2. The van der Waals surface area contributed by atoms with Crippen molar-refractivity contribution in [2.24, 2.45) is 5.73 Å². The van der Waals surface area contributed by atoms with Crippen LogP contribution in [0.15, 0.2) is 24.3 Å². The van der Waals surface area contributed by atoms with Crippen LogP contribution in [0.5, 0.6) is 0 Å². The Balaban J connectivity index is 3.10. The summed E-state index contributed by atoms with van der Waals surface area (Å²) >= 11 is 5.62. The van der Waals surface area contributed by atoms with E-state index in [-0.39, 0.29) is 5.56 Å². The van der Waals surface area contributed by atoms with Crippen LogP contribution in [-0.4, -0.2) is 17.6 Å². The molecule has 0 amide bonds. The molecule has 0 saturated heterocycles. The van der Waals surface area contributed by atoms with Crippen LogP contribution in [0.1, 0.15) is 12.5 Å². The minimum atomic E-state index is -3.37. The zero-order valence-electron chi connectivity index (χ0n) is 8.17. The van der Waals surface area contributed by atoms with Gasteiger partial charge in [-0.05, 0) is 24.6 Å². The highest BCUT2D eigenvalue weighted by Gasteiger charge is 2.48. The minimum Gasteiger partial charge on any atom is -0.379 e. The fourth-order valence-corrected chi connectivity index (χ4v) is 1.31. The summed E-state index contributed by atoms with van der Waals surface area (Å²) in [7, 11) is 0. The van der Waals surface area contributed by atoms with Crippen LogP contribution < -0.4 is 5.73 Å². The average Bonchev–Trinajstić information content (AvgIpc) is 2.18. The highest BCUT2D eigenvalue weighted by Crippen LogP contribution is 2.36. The third kappa shape index (κ3) is 2.27. The number of rotatable bonds is 3. The summed E-state index contributed by atoms with van der Waals surface area (Å²) < 4.78 is 26.6. The Morgan fingerprint density at radius 2 is 1.80 bits per heavy atom. The number of benzene rings is 1. The van der Waals surface area contributed by atoms with Crippen molar-refractivity contribution in [1.82, 2.24) is 0 Å². The zero-order valence-corrected chi connectivity index (χ0v) is 8.93. The summed E-state index contributed by atoms with van der Waals surface area (Å²) in [5.41, 5.74) is 2.72. The molecule has 1 aromatic rings. The van der Waals surface area contributed by atoms with Crippen LogP contribution in [0, 0.1) is 0 Å². The van der Waals surface area contributed by atoms with Gasteiger partial charge in [-0.1, -0.05) is 23.7 Å². The van der Waals surface area contributed by atoms with Gasteiger partial charge < -0.3 is 10.8 Å². The largest absolute Gasteiger partial charge is 0.379 e. The van der Waals surface area contributed by atoms with Gasteiger partial charge in [0.1, 0.15) is 0 Å². The van der Waals surface area contributed by atoms with E-state index in [0.717, 1.165) is 6.92 Å². The highest BCUT2D eigenvalue weighted by atomic mass is 35.5. The first-order valence-corrected chi connectivity index (χ1v) is 4.75. The van der Waals surface area contributed by atoms with Crippen molar-refractivity contribution in [3.8, 4) is 0 Å². The molecule has 3 N–H and O–H groups in total. The maximum Gasteiger partial charge on any atom is 0.291 e. The van der Waals surface area contributed by atoms with Crippen LogP contribution in [0.4, 0.5) is 8.78 Å². The van der Waals surface area contributed by atoms with E-state index in [1.54, 1.807) is 0 Å². The van der Waals surface area contributed by atoms with E-state index in [2.05, 4.69) is 0 Å². The Hall–Kier alpha value is -0.710. The number of halogens is 3. The lowest BCUT2D eigenvalue weighted by Crippen LogP contribution is -2.48. The zero-order chi connectivity index (χ0) is 11.7. The lowest BCUT2D eigenvalue weighted by atomic mass is 9.89. The molecule has 0 aliphatic carbocycles. The van der Waals surface area contributed by atoms with Crippen LogP contribution >= 0.6 is 11.6 Å². The van der Waals surface area contributed by atoms with Crippen molar-refractivity contribution in [3.05, 3.63) is 34.9 Å². The summed E-state index contributed by atoms with van der Waals surface area (Å²) in [6.07, 6.45) is 0. The quantitative estimate of drug-likeness (QED) is 0.843. The lowest BCUT2D eigenvalue weighted by Gasteiger charge is -2.32. The molecule has 15 heavy (non-hydrogen) atoms.